The fourth-order valence-corrected chi connectivity index (χ4v) is 3.72. The summed E-state index contributed by atoms with van der Waals surface area (Å²) in [5, 5.41) is 3.45. The highest BCUT2D eigenvalue weighted by Crippen LogP contribution is 2.22. The van der Waals surface area contributed by atoms with Crippen molar-refractivity contribution < 1.29 is 19.1 Å². The molecule has 0 bridgehead atoms. The normalized spacial score (nSPS) is 14.6. The first-order valence-electron chi connectivity index (χ1n) is 10.6. The second-order valence-electron chi connectivity index (χ2n) is 7.50. The predicted molar refractivity (Wildman–Crippen MR) is 122 cm³/mol. The Balaban J connectivity index is 1.57. The number of aromatic nitrogens is 1. The summed E-state index contributed by atoms with van der Waals surface area (Å²) in [7, 11) is 0. The monoisotopic (exact) mass is 458 g/mol. The largest absolute Gasteiger partial charge is 0.462 e. The average Bonchev–Trinajstić information content (AvgIpc) is 2.79. The van der Waals surface area contributed by atoms with Crippen molar-refractivity contribution in [3.63, 3.8) is 0 Å². The van der Waals surface area contributed by atoms with E-state index in [9.17, 15) is 14.4 Å². The van der Waals surface area contributed by atoms with Crippen molar-refractivity contribution in [2.75, 3.05) is 37.7 Å². The maximum absolute atomic E-state index is 12.9. The quantitative estimate of drug-likeness (QED) is 0.641. The van der Waals surface area contributed by atoms with Crippen LogP contribution in [-0.2, 0) is 14.3 Å². The molecule has 8 nitrogen and oxygen atoms in total. The van der Waals surface area contributed by atoms with Crippen LogP contribution >= 0.6 is 11.6 Å². The van der Waals surface area contributed by atoms with Crippen LogP contribution in [0.5, 0.6) is 0 Å². The van der Waals surface area contributed by atoms with E-state index < -0.39 is 12.0 Å². The number of pyridine rings is 1. The Bertz CT molecular complexity index is 941. The molecule has 0 saturated carbocycles. The Kier molecular flexibility index (Phi) is 8.05. The molecule has 2 heterocycles. The van der Waals surface area contributed by atoms with Gasteiger partial charge in [0.2, 0.25) is 11.8 Å². The van der Waals surface area contributed by atoms with Crippen molar-refractivity contribution in [3.05, 3.63) is 58.7 Å². The summed E-state index contributed by atoms with van der Waals surface area (Å²) < 4.78 is 4.98. The Hall–Kier alpha value is -3.13. The third-order valence-electron chi connectivity index (χ3n) is 5.24. The van der Waals surface area contributed by atoms with Crippen LogP contribution < -0.4 is 10.2 Å². The fourth-order valence-electron chi connectivity index (χ4n) is 3.59. The van der Waals surface area contributed by atoms with Crippen LogP contribution in [0.3, 0.4) is 0 Å². The molecule has 1 aromatic carbocycles. The molecule has 0 radical (unpaired) electrons. The van der Waals surface area contributed by atoms with Crippen LogP contribution in [-0.4, -0.2) is 60.5 Å². The van der Waals surface area contributed by atoms with Crippen LogP contribution in [0.4, 0.5) is 5.82 Å². The number of esters is 1. The molecule has 2 amide bonds. The number of nitrogens with one attached hydrogen (secondary N) is 1. The molecule has 0 spiro atoms. The van der Waals surface area contributed by atoms with Crippen LogP contribution in [0.25, 0.3) is 0 Å². The molecular formula is C23H27ClN4O4. The lowest BCUT2D eigenvalue weighted by Crippen LogP contribution is -2.49. The average molecular weight is 459 g/mol. The minimum atomic E-state index is -0.410. The Labute approximate surface area is 192 Å². The number of halogens is 1. The molecule has 0 aliphatic carbocycles. The number of amides is 2. The van der Waals surface area contributed by atoms with Crippen molar-refractivity contribution in [2.24, 2.45) is 0 Å². The number of piperazine rings is 1. The number of hydrogen-bond donors (Lipinski definition) is 1. The number of carbonyl (C=O) groups is 3. The predicted octanol–water partition coefficient (Wildman–Crippen LogP) is 2.83. The summed E-state index contributed by atoms with van der Waals surface area (Å²) >= 11 is 5.96. The van der Waals surface area contributed by atoms with Crippen LogP contribution in [0.1, 0.15) is 42.2 Å². The van der Waals surface area contributed by atoms with Gasteiger partial charge in [-0.25, -0.2) is 9.78 Å². The van der Waals surface area contributed by atoms with Gasteiger partial charge in [0.15, 0.2) is 0 Å². The molecule has 1 N–H and O–H groups in total. The van der Waals surface area contributed by atoms with Gasteiger partial charge in [-0.3, -0.25) is 9.59 Å². The Morgan fingerprint density at radius 1 is 1.09 bits per heavy atom. The number of nitrogens with zero attached hydrogens (tertiary/aromatic N) is 3. The number of anilines is 1. The summed E-state index contributed by atoms with van der Waals surface area (Å²) in [5.41, 5.74) is 1.25. The summed E-state index contributed by atoms with van der Waals surface area (Å²) in [6.45, 7) is 5.87. The van der Waals surface area contributed by atoms with Crippen molar-refractivity contribution in [3.8, 4) is 0 Å². The SMILES string of the molecule is CCOC(=O)c1ccc(N2CCN(C(=O)CC(NC(C)=O)c3ccc(Cl)cc3)CC2)nc1. The number of carbonyl (C=O) groups excluding carboxylic acids is 3. The molecule has 1 aliphatic heterocycles. The van der Waals surface area contributed by atoms with E-state index in [1.165, 1.54) is 13.1 Å². The molecule has 2 aromatic rings. The second-order valence-corrected chi connectivity index (χ2v) is 7.94. The summed E-state index contributed by atoms with van der Waals surface area (Å²) in [6.07, 6.45) is 1.68. The second kappa shape index (κ2) is 10.9. The zero-order valence-corrected chi connectivity index (χ0v) is 19.0. The lowest BCUT2D eigenvalue weighted by molar-refractivity contribution is -0.132. The van der Waals surface area contributed by atoms with Crippen molar-refractivity contribution in [1.29, 1.82) is 0 Å². The standard InChI is InChI=1S/C23H27ClN4O4/c1-3-32-23(31)18-6-9-21(25-15-18)27-10-12-28(13-11-27)22(30)14-20(26-16(2)29)17-4-7-19(24)8-5-17/h4-9,15,20H,3,10-14H2,1-2H3,(H,26,29). The molecule has 1 aliphatic rings. The van der Waals surface area contributed by atoms with Crippen LogP contribution in [0.15, 0.2) is 42.6 Å². The van der Waals surface area contributed by atoms with Crippen LogP contribution in [0.2, 0.25) is 5.02 Å². The molecule has 1 saturated heterocycles. The summed E-state index contributed by atoms with van der Waals surface area (Å²) in [4.78, 5) is 44.6. The fraction of sp³-hybridized carbons (Fsp3) is 0.391. The van der Waals surface area contributed by atoms with E-state index in [1.54, 1.807) is 36.1 Å². The molecule has 1 atom stereocenters. The maximum atomic E-state index is 12.9. The van der Waals surface area contributed by atoms with Gasteiger partial charge in [0, 0.05) is 44.3 Å². The zero-order valence-electron chi connectivity index (χ0n) is 18.2. The first kappa shape index (κ1) is 23.5. The summed E-state index contributed by atoms with van der Waals surface area (Å²) in [6, 6.07) is 10.2. The van der Waals surface area contributed by atoms with Crippen molar-refractivity contribution in [2.45, 2.75) is 26.3 Å². The molecular weight excluding hydrogens is 432 g/mol. The number of ether oxygens (including phenoxy) is 1. The first-order valence-corrected chi connectivity index (χ1v) is 10.9. The number of hydrogen-bond acceptors (Lipinski definition) is 6. The first-order chi connectivity index (χ1) is 15.4. The van der Waals surface area contributed by atoms with E-state index >= 15 is 0 Å². The molecule has 9 heteroatoms. The minimum absolute atomic E-state index is 0.0241. The Morgan fingerprint density at radius 2 is 1.78 bits per heavy atom. The molecule has 1 fully saturated rings. The third kappa shape index (κ3) is 6.20. The van der Waals surface area contributed by atoms with E-state index in [0.29, 0.717) is 43.4 Å². The van der Waals surface area contributed by atoms with E-state index in [1.807, 2.05) is 12.1 Å². The van der Waals surface area contributed by atoms with Crippen molar-refractivity contribution in [1.82, 2.24) is 15.2 Å². The maximum Gasteiger partial charge on any atom is 0.339 e. The highest BCUT2D eigenvalue weighted by molar-refractivity contribution is 6.30. The molecule has 32 heavy (non-hydrogen) atoms. The zero-order chi connectivity index (χ0) is 23.1. The highest BCUT2D eigenvalue weighted by atomic mass is 35.5. The van der Waals surface area contributed by atoms with Gasteiger partial charge in [0.1, 0.15) is 5.82 Å². The van der Waals surface area contributed by atoms with Crippen molar-refractivity contribution >= 4 is 35.2 Å². The van der Waals surface area contributed by atoms with Gasteiger partial charge in [0.25, 0.3) is 0 Å². The molecule has 3 rings (SSSR count). The summed E-state index contributed by atoms with van der Waals surface area (Å²) in [5.74, 6) is 0.141. The molecule has 1 unspecified atom stereocenters. The van der Waals surface area contributed by atoms with Gasteiger partial charge in [-0.2, -0.15) is 0 Å². The third-order valence-corrected chi connectivity index (χ3v) is 5.50. The lowest BCUT2D eigenvalue weighted by Gasteiger charge is -2.36. The minimum Gasteiger partial charge on any atom is -0.462 e. The van der Waals surface area contributed by atoms with E-state index in [4.69, 9.17) is 16.3 Å². The van der Waals surface area contributed by atoms with E-state index in [-0.39, 0.29) is 18.2 Å². The van der Waals surface area contributed by atoms with E-state index in [2.05, 4.69) is 15.2 Å². The van der Waals surface area contributed by atoms with Crippen LogP contribution in [0, 0.1) is 0 Å². The van der Waals surface area contributed by atoms with Gasteiger partial charge in [-0.05, 0) is 36.8 Å². The van der Waals surface area contributed by atoms with Gasteiger partial charge in [-0.15, -0.1) is 0 Å². The smallest absolute Gasteiger partial charge is 0.339 e. The van der Waals surface area contributed by atoms with Gasteiger partial charge in [-0.1, -0.05) is 23.7 Å². The molecule has 1 aromatic heterocycles. The molecule has 170 valence electrons. The topological polar surface area (TPSA) is 91.8 Å². The van der Waals surface area contributed by atoms with Gasteiger partial charge < -0.3 is 19.9 Å². The lowest BCUT2D eigenvalue weighted by atomic mass is 10.0. The number of rotatable bonds is 7. The Morgan fingerprint density at radius 3 is 2.34 bits per heavy atom. The highest BCUT2D eigenvalue weighted by Gasteiger charge is 2.25. The van der Waals surface area contributed by atoms with Gasteiger partial charge in [0.05, 0.1) is 24.6 Å². The van der Waals surface area contributed by atoms with Gasteiger partial charge >= 0.3 is 5.97 Å². The van der Waals surface area contributed by atoms with E-state index in [0.717, 1.165) is 11.4 Å². The number of benzene rings is 1.